The van der Waals surface area contributed by atoms with Crippen LogP contribution in [0.3, 0.4) is 0 Å². The molecule has 4 nitrogen and oxygen atoms in total. The van der Waals surface area contributed by atoms with E-state index in [0.717, 1.165) is 19.3 Å². The Morgan fingerprint density at radius 3 is 2.00 bits per heavy atom. The number of amides is 1. The van der Waals surface area contributed by atoms with Gasteiger partial charge >= 0.3 is 5.97 Å². The molecular formula is C16H29NO3. The van der Waals surface area contributed by atoms with Crippen LogP contribution in [0.15, 0.2) is 0 Å². The second kappa shape index (κ2) is 8.98. The maximum absolute atomic E-state index is 11.9. The van der Waals surface area contributed by atoms with E-state index in [2.05, 4.69) is 12.2 Å². The first-order valence-corrected chi connectivity index (χ1v) is 8.15. The summed E-state index contributed by atoms with van der Waals surface area (Å²) in [6.07, 6.45) is 11.6. The predicted octanol–water partition coefficient (Wildman–Crippen LogP) is 3.50. The van der Waals surface area contributed by atoms with Gasteiger partial charge in [0.05, 0.1) is 0 Å². The summed E-state index contributed by atoms with van der Waals surface area (Å²) in [6.45, 7) is 2.83. The fourth-order valence-corrected chi connectivity index (χ4v) is 2.70. The van der Waals surface area contributed by atoms with Gasteiger partial charge in [-0.05, 0) is 19.3 Å². The van der Waals surface area contributed by atoms with Gasteiger partial charge in [0.2, 0.25) is 5.91 Å². The van der Waals surface area contributed by atoms with E-state index < -0.39 is 11.4 Å². The first-order chi connectivity index (χ1) is 9.63. The van der Waals surface area contributed by atoms with Crippen LogP contribution in [-0.4, -0.2) is 23.5 Å². The van der Waals surface area contributed by atoms with E-state index in [1.165, 1.54) is 38.5 Å². The summed E-state index contributed by atoms with van der Waals surface area (Å²) in [5, 5.41) is 11.9. The van der Waals surface area contributed by atoms with Gasteiger partial charge in [0.15, 0.2) is 0 Å². The van der Waals surface area contributed by atoms with Crippen molar-refractivity contribution in [3.05, 3.63) is 0 Å². The second-order valence-electron chi connectivity index (χ2n) is 5.97. The lowest BCUT2D eigenvalue weighted by Gasteiger charge is -2.35. The quantitative estimate of drug-likeness (QED) is 0.450. The molecule has 4 heteroatoms. The largest absolute Gasteiger partial charge is 0.480 e. The molecule has 1 fully saturated rings. The van der Waals surface area contributed by atoms with Crippen LogP contribution in [0.1, 0.15) is 77.6 Å². The van der Waals surface area contributed by atoms with Crippen molar-refractivity contribution in [1.82, 2.24) is 5.32 Å². The number of carboxylic acid groups (broad SMARTS) is 1. The molecule has 20 heavy (non-hydrogen) atoms. The standard InChI is InChI=1S/C16H29NO3/c1-2-3-4-5-6-7-8-9-13-17-14(18)16(15(19)20)11-10-12-16/h2-13H2,1H3,(H,17,18)(H,19,20). The third kappa shape index (κ3) is 4.80. The molecule has 116 valence electrons. The van der Waals surface area contributed by atoms with Gasteiger partial charge in [0.1, 0.15) is 5.41 Å². The molecule has 0 aromatic carbocycles. The Hall–Kier alpha value is -1.06. The number of hydrogen-bond donors (Lipinski definition) is 2. The Kier molecular flexibility index (Phi) is 7.63. The number of aliphatic carboxylic acids is 1. The summed E-state index contributed by atoms with van der Waals surface area (Å²) in [4.78, 5) is 23.0. The highest BCUT2D eigenvalue weighted by Gasteiger charge is 2.50. The molecule has 0 saturated heterocycles. The smallest absolute Gasteiger partial charge is 0.319 e. The highest BCUT2D eigenvalue weighted by Crippen LogP contribution is 2.41. The molecule has 1 rings (SSSR count). The normalized spacial score (nSPS) is 16.4. The van der Waals surface area contributed by atoms with Crippen LogP contribution in [0.4, 0.5) is 0 Å². The summed E-state index contributed by atoms with van der Waals surface area (Å²) in [5.41, 5.74) is -1.11. The molecule has 0 atom stereocenters. The van der Waals surface area contributed by atoms with Crippen LogP contribution in [0.5, 0.6) is 0 Å². The molecule has 1 aliphatic carbocycles. The average Bonchev–Trinajstić information content (AvgIpc) is 2.35. The van der Waals surface area contributed by atoms with Gasteiger partial charge in [-0.1, -0.05) is 58.3 Å². The van der Waals surface area contributed by atoms with Crippen molar-refractivity contribution < 1.29 is 14.7 Å². The van der Waals surface area contributed by atoms with Gasteiger partial charge in [0, 0.05) is 6.54 Å². The highest BCUT2D eigenvalue weighted by molar-refractivity contribution is 6.02. The van der Waals surface area contributed by atoms with Crippen molar-refractivity contribution in [2.45, 2.75) is 77.6 Å². The third-order valence-corrected chi connectivity index (χ3v) is 4.37. The van der Waals surface area contributed by atoms with Crippen LogP contribution in [-0.2, 0) is 9.59 Å². The minimum absolute atomic E-state index is 0.279. The van der Waals surface area contributed by atoms with E-state index in [9.17, 15) is 9.59 Å². The van der Waals surface area contributed by atoms with E-state index in [0.29, 0.717) is 19.4 Å². The second-order valence-corrected chi connectivity index (χ2v) is 5.97. The zero-order chi connectivity index (χ0) is 14.8. The van der Waals surface area contributed by atoms with E-state index in [1.54, 1.807) is 0 Å². The first-order valence-electron chi connectivity index (χ1n) is 8.15. The Labute approximate surface area is 122 Å². The third-order valence-electron chi connectivity index (χ3n) is 4.37. The molecule has 0 spiro atoms. The lowest BCUT2D eigenvalue weighted by Crippen LogP contribution is -2.51. The Morgan fingerprint density at radius 2 is 1.55 bits per heavy atom. The van der Waals surface area contributed by atoms with Crippen molar-refractivity contribution in [2.24, 2.45) is 5.41 Å². The molecule has 1 saturated carbocycles. The van der Waals surface area contributed by atoms with Crippen molar-refractivity contribution in [2.75, 3.05) is 6.54 Å². The van der Waals surface area contributed by atoms with Gasteiger partial charge in [0.25, 0.3) is 0 Å². The maximum atomic E-state index is 11.9. The predicted molar refractivity (Wildman–Crippen MR) is 79.5 cm³/mol. The summed E-state index contributed by atoms with van der Waals surface area (Å²) in [6, 6.07) is 0. The highest BCUT2D eigenvalue weighted by atomic mass is 16.4. The monoisotopic (exact) mass is 283 g/mol. The molecule has 0 aliphatic heterocycles. The lowest BCUT2D eigenvalue weighted by atomic mass is 9.68. The van der Waals surface area contributed by atoms with E-state index in [-0.39, 0.29) is 5.91 Å². The Bertz CT molecular complexity index is 311. The number of rotatable bonds is 11. The number of unbranched alkanes of at least 4 members (excludes halogenated alkanes) is 7. The minimum Gasteiger partial charge on any atom is -0.480 e. The number of hydrogen-bond acceptors (Lipinski definition) is 2. The summed E-state index contributed by atoms with van der Waals surface area (Å²) in [5.74, 6) is -1.24. The molecule has 0 aromatic heterocycles. The Morgan fingerprint density at radius 1 is 1.00 bits per heavy atom. The summed E-state index contributed by atoms with van der Waals surface area (Å²) in [7, 11) is 0. The van der Waals surface area contributed by atoms with Crippen LogP contribution in [0, 0.1) is 5.41 Å². The van der Waals surface area contributed by atoms with Gasteiger partial charge < -0.3 is 10.4 Å². The summed E-state index contributed by atoms with van der Waals surface area (Å²) < 4.78 is 0. The molecule has 0 heterocycles. The average molecular weight is 283 g/mol. The molecule has 2 N–H and O–H groups in total. The van der Waals surface area contributed by atoms with Gasteiger partial charge in [-0.25, -0.2) is 0 Å². The fourth-order valence-electron chi connectivity index (χ4n) is 2.70. The number of nitrogens with one attached hydrogen (secondary N) is 1. The Balaban J connectivity index is 2.01. The zero-order valence-corrected chi connectivity index (χ0v) is 12.7. The topological polar surface area (TPSA) is 66.4 Å². The van der Waals surface area contributed by atoms with Crippen molar-refractivity contribution in [1.29, 1.82) is 0 Å². The summed E-state index contributed by atoms with van der Waals surface area (Å²) >= 11 is 0. The molecule has 1 amide bonds. The van der Waals surface area contributed by atoms with Crippen molar-refractivity contribution >= 4 is 11.9 Å². The number of carbonyl (C=O) groups is 2. The van der Waals surface area contributed by atoms with Crippen LogP contribution in [0.2, 0.25) is 0 Å². The number of carboxylic acids is 1. The van der Waals surface area contributed by atoms with Crippen molar-refractivity contribution in [3.8, 4) is 0 Å². The molecule has 0 unspecified atom stereocenters. The van der Waals surface area contributed by atoms with Crippen LogP contribution in [0.25, 0.3) is 0 Å². The SMILES string of the molecule is CCCCCCCCCCNC(=O)C1(C(=O)O)CCC1. The van der Waals surface area contributed by atoms with Gasteiger partial charge in [-0.15, -0.1) is 0 Å². The van der Waals surface area contributed by atoms with Gasteiger partial charge in [-0.2, -0.15) is 0 Å². The molecule has 1 aliphatic rings. The van der Waals surface area contributed by atoms with E-state index in [1.807, 2.05) is 0 Å². The van der Waals surface area contributed by atoms with Crippen LogP contribution < -0.4 is 5.32 Å². The zero-order valence-electron chi connectivity index (χ0n) is 12.7. The van der Waals surface area contributed by atoms with Gasteiger partial charge in [-0.3, -0.25) is 9.59 Å². The van der Waals surface area contributed by atoms with Crippen LogP contribution >= 0.6 is 0 Å². The molecular weight excluding hydrogens is 254 g/mol. The molecule has 0 bridgehead atoms. The first kappa shape index (κ1) is 17.0. The minimum atomic E-state index is -1.11. The molecule has 0 radical (unpaired) electrons. The number of carbonyl (C=O) groups excluding carboxylic acids is 1. The van der Waals surface area contributed by atoms with E-state index in [4.69, 9.17) is 5.11 Å². The fraction of sp³-hybridized carbons (Fsp3) is 0.875. The molecule has 0 aromatic rings. The van der Waals surface area contributed by atoms with Crippen molar-refractivity contribution in [3.63, 3.8) is 0 Å². The van der Waals surface area contributed by atoms with E-state index >= 15 is 0 Å². The lowest BCUT2D eigenvalue weighted by molar-refractivity contribution is -0.162. The maximum Gasteiger partial charge on any atom is 0.319 e.